The molecule has 5 heteroatoms. The summed E-state index contributed by atoms with van der Waals surface area (Å²) in [5, 5.41) is 3.14. The number of hydrogen-bond donors (Lipinski definition) is 1. The largest absolute Gasteiger partial charge is 0.481 e. The molecule has 23 heavy (non-hydrogen) atoms. The molecule has 5 atom stereocenters. The van der Waals surface area contributed by atoms with Crippen molar-refractivity contribution >= 4 is 13.0 Å². The predicted octanol–water partition coefficient (Wildman–Crippen LogP) is 3.19. The van der Waals surface area contributed by atoms with E-state index in [-0.39, 0.29) is 30.7 Å². The molecule has 0 aromatic heterocycles. The van der Waals surface area contributed by atoms with Crippen molar-refractivity contribution in [1.29, 1.82) is 0 Å². The van der Waals surface area contributed by atoms with Gasteiger partial charge in [0.1, 0.15) is 0 Å². The van der Waals surface area contributed by atoms with Gasteiger partial charge in [-0.25, -0.2) is 0 Å². The zero-order valence-electron chi connectivity index (χ0n) is 15.7. The van der Waals surface area contributed by atoms with E-state index < -0.39 is 5.41 Å². The van der Waals surface area contributed by atoms with Gasteiger partial charge in [0, 0.05) is 5.41 Å². The highest BCUT2D eigenvalue weighted by Crippen LogP contribution is 2.65. The van der Waals surface area contributed by atoms with Crippen LogP contribution in [0.5, 0.6) is 0 Å². The molecule has 3 aliphatic carbocycles. The van der Waals surface area contributed by atoms with Crippen molar-refractivity contribution < 1.29 is 14.1 Å². The first-order valence-electron chi connectivity index (χ1n) is 9.14. The van der Waals surface area contributed by atoms with Crippen LogP contribution >= 0.6 is 0 Å². The van der Waals surface area contributed by atoms with Crippen molar-refractivity contribution in [2.45, 2.75) is 85.4 Å². The second-order valence-corrected chi connectivity index (χ2v) is 9.58. The minimum atomic E-state index is -0.397. The van der Waals surface area contributed by atoms with Gasteiger partial charge in [-0.3, -0.25) is 4.79 Å². The van der Waals surface area contributed by atoms with E-state index in [0.717, 1.165) is 18.8 Å². The highest BCUT2D eigenvalue weighted by molar-refractivity contribution is 6.47. The van der Waals surface area contributed by atoms with Gasteiger partial charge in [0.05, 0.1) is 17.6 Å². The van der Waals surface area contributed by atoms with E-state index in [1.807, 2.05) is 20.8 Å². The zero-order chi connectivity index (χ0) is 17.2. The number of amides is 1. The average molecular weight is 321 g/mol. The van der Waals surface area contributed by atoms with Gasteiger partial charge in [0.2, 0.25) is 5.91 Å². The summed E-state index contributed by atoms with van der Waals surface area (Å²) in [6.07, 6.45) is 3.32. The summed E-state index contributed by atoms with van der Waals surface area (Å²) < 4.78 is 12.8. The van der Waals surface area contributed by atoms with E-state index in [4.69, 9.17) is 9.31 Å². The molecule has 1 saturated heterocycles. The summed E-state index contributed by atoms with van der Waals surface area (Å²) in [7, 11) is -0.323. The third kappa shape index (κ3) is 2.55. The van der Waals surface area contributed by atoms with Gasteiger partial charge < -0.3 is 14.6 Å². The Balaban J connectivity index is 1.72. The van der Waals surface area contributed by atoms with Crippen molar-refractivity contribution in [1.82, 2.24) is 5.32 Å². The number of carbonyl (C=O) groups excluding carboxylic acids is 1. The Labute approximate surface area is 141 Å². The maximum absolute atomic E-state index is 12.3. The lowest BCUT2D eigenvalue weighted by molar-refractivity contribution is -0.199. The number of carbonyl (C=O) groups is 1. The topological polar surface area (TPSA) is 47.6 Å². The van der Waals surface area contributed by atoms with Gasteiger partial charge >= 0.3 is 7.12 Å². The lowest BCUT2D eigenvalue weighted by Crippen LogP contribution is -2.65. The second kappa shape index (κ2) is 5.22. The summed E-state index contributed by atoms with van der Waals surface area (Å²) in [5.41, 5.74) is -0.255. The number of rotatable bonds is 3. The Morgan fingerprint density at radius 3 is 2.48 bits per heavy atom. The number of hydrogen-bond acceptors (Lipinski definition) is 3. The van der Waals surface area contributed by atoms with Crippen molar-refractivity contribution in [3.63, 3.8) is 0 Å². The van der Waals surface area contributed by atoms with Crippen LogP contribution in [0.25, 0.3) is 0 Å². The quantitative estimate of drug-likeness (QED) is 0.812. The van der Waals surface area contributed by atoms with Crippen LogP contribution in [0.4, 0.5) is 0 Å². The van der Waals surface area contributed by atoms with Gasteiger partial charge in [0.15, 0.2) is 0 Å². The molecule has 1 aliphatic heterocycles. The maximum Gasteiger partial charge on any atom is 0.481 e. The highest BCUT2D eigenvalue weighted by Gasteiger charge is 2.68. The van der Waals surface area contributed by atoms with Crippen molar-refractivity contribution in [2.24, 2.45) is 22.7 Å². The van der Waals surface area contributed by atoms with Crippen LogP contribution in [0, 0.1) is 22.7 Å². The Kier molecular flexibility index (Phi) is 3.93. The molecule has 0 aromatic carbocycles. The predicted molar refractivity (Wildman–Crippen MR) is 91.8 cm³/mol. The summed E-state index contributed by atoms with van der Waals surface area (Å²) in [6.45, 7) is 14.8. The van der Waals surface area contributed by atoms with Crippen molar-refractivity contribution in [2.75, 3.05) is 0 Å². The van der Waals surface area contributed by atoms with E-state index in [1.54, 1.807) is 0 Å². The third-order valence-corrected chi connectivity index (χ3v) is 6.73. The third-order valence-electron chi connectivity index (χ3n) is 6.73. The first-order chi connectivity index (χ1) is 10.5. The van der Waals surface area contributed by atoms with Crippen molar-refractivity contribution in [3.05, 3.63) is 0 Å². The van der Waals surface area contributed by atoms with Crippen LogP contribution in [0.1, 0.15) is 67.7 Å². The van der Waals surface area contributed by atoms with Crippen LogP contribution in [0.3, 0.4) is 0 Å². The first kappa shape index (κ1) is 17.3. The molecule has 4 fully saturated rings. The molecule has 0 aromatic rings. The molecule has 4 rings (SSSR count). The molecule has 130 valence electrons. The Morgan fingerprint density at radius 1 is 1.30 bits per heavy atom. The normalized spacial score (nSPS) is 39.4. The SMILES string of the molecule is CC[C@H](NC(=O)C(C)(C)C)B1O[C@@H]2C[C@@H]3C[C@@H](C3(C)C)[C@]2(C)O1. The molecule has 1 N–H and O–H groups in total. The maximum atomic E-state index is 12.3. The molecule has 2 bridgehead atoms. The smallest absolute Gasteiger partial charge is 0.404 e. The first-order valence-corrected chi connectivity index (χ1v) is 9.14. The van der Waals surface area contributed by atoms with Crippen LogP contribution in [0.15, 0.2) is 0 Å². The van der Waals surface area contributed by atoms with Crippen molar-refractivity contribution in [3.8, 4) is 0 Å². The Hall–Kier alpha value is -0.545. The van der Waals surface area contributed by atoms with Crippen LogP contribution in [-0.4, -0.2) is 30.7 Å². The second-order valence-electron chi connectivity index (χ2n) is 9.58. The Bertz CT molecular complexity index is 501. The van der Waals surface area contributed by atoms with E-state index in [2.05, 4.69) is 33.0 Å². The molecule has 0 radical (unpaired) electrons. The average Bonchev–Trinajstić information content (AvgIpc) is 2.79. The molecule has 4 aliphatic rings. The molecule has 1 amide bonds. The van der Waals surface area contributed by atoms with Gasteiger partial charge in [-0.15, -0.1) is 0 Å². The lowest BCUT2D eigenvalue weighted by atomic mass is 9.43. The van der Waals surface area contributed by atoms with E-state index in [1.165, 1.54) is 6.42 Å². The van der Waals surface area contributed by atoms with Gasteiger partial charge in [-0.1, -0.05) is 41.5 Å². The molecule has 4 nitrogen and oxygen atoms in total. The van der Waals surface area contributed by atoms with Gasteiger partial charge in [0.25, 0.3) is 0 Å². The molecule has 0 spiro atoms. The summed E-state index contributed by atoms with van der Waals surface area (Å²) >= 11 is 0. The minimum absolute atomic E-state index is 0.0567. The van der Waals surface area contributed by atoms with Gasteiger partial charge in [-0.2, -0.15) is 0 Å². The molecule has 1 heterocycles. The van der Waals surface area contributed by atoms with Crippen LogP contribution < -0.4 is 5.32 Å². The fourth-order valence-corrected chi connectivity index (χ4v) is 4.82. The minimum Gasteiger partial charge on any atom is -0.404 e. The summed E-state index contributed by atoms with van der Waals surface area (Å²) in [6, 6.07) is 0. The monoisotopic (exact) mass is 321 g/mol. The Morgan fingerprint density at radius 2 is 1.96 bits per heavy atom. The highest BCUT2D eigenvalue weighted by atomic mass is 16.7. The zero-order valence-corrected chi connectivity index (χ0v) is 15.7. The summed E-state index contributed by atoms with van der Waals surface area (Å²) in [4.78, 5) is 12.3. The molecular formula is C18H32BNO3. The van der Waals surface area contributed by atoms with Gasteiger partial charge in [-0.05, 0) is 43.4 Å². The standard InChI is InChI=1S/C18H32BNO3/c1-8-14(20-15(21)16(2,3)4)19-22-13-10-11-9-12(17(11,5)6)18(13,7)23-19/h11-14H,8-10H2,1-7H3,(H,20,21)/t11-,12-,13+,14-,18-/m0/s1. The van der Waals surface area contributed by atoms with E-state index >= 15 is 0 Å². The fourth-order valence-electron chi connectivity index (χ4n) is 4.82. The van der Waals surface area contributed by atoms with E-state index in [0.29, 0.717) is 11.3 Å². The fraction of sp³-hybridized carbons (Fsp3) is 0.944. The number of nitrogens with one attached hydrogen (secondary N) is 1. The molecule has 3 saturated carbocycles. The van der Waals surface area contributed by atoms with Crippen LogP contribution in [-0.2, 0) is 14.1 Å². The van der Waals surface area contributed by atoms with Crippen LogP contribution in [0.2, 0.25) is 0 Å². The lowest BCUT2D eigenvalue weighted by Gasteiger charge is -2.64. The van der Waals surface area contributed by atoms with E-state index in [9.17, 15) is 4.79 Å². The molecular weight excluding hydrogens is 289 g/mol. The molecule has 0 unspecified atom stereocenters. The summed E-state index contributed by atoms with van der Waals surface area (Å²) in [5.74, 6) is 1.28.